The van der Waals surface area contributed by atoms with Crippen molar-refractivity contribution in [3.63, 3.8) is 0 Å². The Morgan fingerprint density at radius 3 is 3.00 bits per heavy atom. The van der Waals surface area contributed by atoms with Crippen LogP contribution in [0.4, 0.5) is 4.39 Å². The number of aromatic nitrogens is 2. The zero-order valence-corrected chi connectivity index (χ0v) is 8.72. The Morgan fingerprint density at radius 1 is 1.41 bits per heavy atom. The van der Waals surface area contributed by atoms with Gasteiger partial charge in [-0.25, -0.2) is 9.37 Å². The number of nitrogens with one attached hydrogen (secondary N) is 1. The number of H-pyrrole nitrogens is 1. The number of aromatic amines is 1. The van der Waals surface area contributed by atoms with Crippen LogP contribution in [0.2, 0.25) is 0 Å². The van der Waals surface area contributed by atoms with Crippen LogP contribution in [-0.4, -0.2) is 15.1 Å². The molecule has 4 nitrogen and oxygen atoms in total. The highest BCUT2D eigenvalue weighted by atomic mass is 19.1. The van der Waals surface area contributed by atoms with Crippen molar-refractivity contribution in [1.82, 2.24) is 9.97 Å². The fourth-order valence-electron chi connectivity index (χ4n) is 1.74. The second-order valence-electron chi connectivity index (χ2n) is 3.68. The minimum absolute atomic E-state index is 0.146. The lowest BCUT2D eigenvalue weighted by Crippen LogP contribution is -1.99. The highest BCUT2D eigenvalue weighted by Crippen LogP contribution is 2.27. The number of aliphatic hydroxyl groups excluding tert-OH is 1. The Labute approximate surface area is 95.7 Å². The summed E-state index contributed by atoms with van der Waals surface area (Å²) in [6.45, 7) is 0. The average Bonchev–Trinajstić information content (AvgIpc) is 2.98. The van der Waals surface area contributed by atoms with Gasteiger partial charge in [0.15, 0.2) is 17.5 Å². The van der Waals surface area contributed by atoms with Crippen LogP contribution >= 0.6 is 0 Å². The molecule has 3 aromatic rings. The summed E-state index contributed by atoms with van der Waals surface area (Å²) in [5, 5.41) is 10.6. The SMILES string of the molecule is OC(c1ncc[nH]1)c1cc2cccc(F)c2o1. The molecule has 0 aliphatic carbocycles. The van der Waals surface area contributed by atoms with E-state index >= 15 is 0 Å². The molecule has 0 amide bonds. The van der Waals surface area contributed by atoms with Gasteiger partial charge in [0, 0.05) is 17.8 Å². The van der Waals surface area contributed by atoms with Gasteiger partial charge >= 0.3 is 0 Å². The zero-order valence-electron chi connectivity index (χ0n) is 8.72. The molecule has 0 saturated heterocycles. The second kappa shape index (κ2) is 3.71. The molecule has 0 saturated carbocycles. The van der Waals surface area contributed by atoms with Gasteiger partial charge in [-0.2, -0.15) is 0 Å². The third kappa shape index (κ3) is 1.60. The molecule has 0 spiro atoms. The maximum absolute atomic E-state index is 13.4. The van der Waals surface area contributed by atoms with E-state index in [4.69, 9.17) is 4.42 Å². The number of nitrogens with zero attached hydrogens (tertiary/aromatic N) is 1. The predicted molar refractivity (Wildman–Crippen MR) is 58.8 cm³/mol. The molecule has 0 aliphatic rings. The van der Waals surface area contributed by atoms with Crippen molar-refractivity contribution in [2.24, 2.45) is 0 Å². The van der Waals surface area contributed by atoms with Crippen molar-refractivity contribution >= 4 is 11.0 Å². The van der Waals surface area contributed by atoms with Crippen LogP contribution < -0.4 is 0 Å². The highest BCUT2D eigenvalue weighted by molar-refractivity contribution is 5.78. The number of furan rings is 1. The van der Waals surface area contributed by atoms with E-state index in [1.165, 1.54) is 12.3 Å². The van der Waals surface area contributed by atoms with Crippen LogP contribution in [-0.2, 0) is 0 Å². The van der Waals surface area contributed by atoms with Gasteiger partial charge in [0.2, 0.25) is 0 Å². The molecular weight excluding hydrogens is 223 g/mol. The summed E-state index contributed by atoms with van der Waals surface area (Å²) in [5.74, 6) is 0.185. The van der Waals surface area contributed by atoms with Crippen molar-refractivity contribution in [2.45, 2.75) is 6.10 Å². The smallest absolute Gasteiger partial charge is 0.170 e. The molecule has 0 bridgehead atoms. The van der Waals surface area contributed by atoms with Gasteiger partial charge in [0.25, 0.3) is 0 Å². The molecule has 3 rings (SSSR count). The van der Waals surface area contributed by atoms with Gasteiger partial charge in [-0.15, -0.1) is 0 Å². The molecule has 0 radical (unpaired) electrons. The van der Waals surface area contributed by atoms with E-state index < -0.39 is 11.9 Å². The Morgan fingerprint density at radius 2 is 2.29 bits per heavy atom. The summed E-state index contributed by atoms with van der Waals surface area (Å²) in [7, 11) is 0. The number of rotatable bonds is 2. The number of hydrogen-bond donors (Lipinski definition) is 2. The Bertz CT molecular complexity index is 646. The molecule has 0 fully saturated rings. The average molecular weight is 232 g/mol. The molecule has 17 heavy (non-hydrogen) atoms. The Balaban J connectivity index is 2.10. The lowest BCUT2D eigenvalue weighted by molar-refractivity contribution is 0.183. The highest BCUT2D eigenvalue weighted by Gasteiger charge is 2.18. The van der Waals surface area contributed by atoms with Crippen LogP contribution in [0, 0.1) is 5.82 Å². The van der Waals surface area contributed by atoms with E-state index in [9.17, 15) is 9.50 Å². The molecule has 1 unspecified atom stereocenters. The van der Waals surface area contributed by atoms with E-state index in [1.54, 1.807) is 24.4 Å². The van der Waals surface area contributed by atoms with E-state index in [0.717, 1.165) is 0 Å². The first kappa shape index (κ1) is 10.0. The maximum atomic E-state index is 13.4. The van der Waals surface area contributed by atoms with E-state index in [-0.39, 0.29) is 11.3 Å². The molecule has 2 aromatic heterocycles. The van der Waals surface area contributed by atoms with Crippen molar-refractivity contribution in [1.29, 1.82) is 0 Å². The van der Waals surface area contributed by atoms with E-state index in [1.807, 2.05) is 0 Å². The summed E-state index contributed by atoms with van der Waals surface area (Å²) in [6, 6.07) is 6.23. The van der Waals surface area contributed by atoms with Gasteiger partial charge in [-0.3, -0.25) is 0 Å². The maximum Gasteiger partial charge on any atom is 0.170 e. The van der Waals surface area contributed by atoms with Gasteiger partial charge in [-0.05, 0) is 12.1 Å². The van der Waals surface area contributed by atoms with Crippen LogP contribution in [0.5, 0.6) is 0 Å². The topological polar surface area (TPSA) is 62.1 Å². The molecule has 2 N–H and O–H groups in total. The minimum atomic E-state index is -1.02. The van der Waals surface area contributed by atoms with Crippen LogP contribution in [0.1, 0.15) is 17.7 Å². The number of benzene rings is 1. The second-order valence-corrected chi connectivity index (χ2v) is 3.68. The molecule has 2 heterocycles. The summed E-state index contributed by atoms with van der Waals surface area (Å²) in [5.41, 5.74) is 0.146. The van der Waals surface area contributed by atoms with Gasteiger partial charge in [0.1, 0.15) is 11.6 Å². The minimum Gasteiger partial charge on any atom is -0.455 e. The lowest BCUT2D eigenvalue weighted by atomic mass is 10.2. The van der Waals surface area contributed by atoms with Gasteiger partial charge in [-0.1, -0.05) is 12.1 Å². The summed E-state index contributed by atoms with van der Waals surface area (Å²) in [4.78, 5) is 6.71. The largest absolute Gasteiger partial charge is 0.455 e. The number of halogens is 1. The van der Waals surface area contributed by atoms with E-state index in [0.29, 0.717) is 11.2 Å². The molecule has 1 aromatic carbocycles. The van der Waals surface area contributed by atoms with Gasteiger partial charge in [0.05, 0.1) is 0 Å². The van der Waals surface area contributed by atoms with Gasteiger partial charge < -0.3 is 14.5 Å². The lowest BCUT2D eigenvalue weighted by Gasteiger charge is -2.02. The normalized spacial score (nSPS) is 13.1. The summed E-state index contributed by atoms with van der Waals surface area (Å²) >= 11 is 0. The first-order valence-corrected chi connectivity index (χ1v) is 5.11. The number of para-hydroxylation sites is 1. The standard InChI is InChI=1S/C12H9FN2O2/c13-8-3-1-2-7-6-9(17-11(7)8)10(16)12-14-4-5-15-12/h1-6,10,16H,(H,14,15). The first-order valence-electron chi connectivity index (χ1n) is 5.11. The zero-order chi connectivity index (χ0) is 11.8. The van der Waals surface area contributed by atoms with Crippen molar-refractivity contribution in [3.8, 4) is 0 Å². The number of hydrogen-bond acceptors (Lipinski definition) is 3. The monoisotopic (exact) mass is 232 g/mol. The number of fused-ring (bicyclic) bond motifs is 1. The molecule has 1 atom stereocenters. The fourth-order valence-corrected chi connectivity index (χ4v) is 1.74. The third-order valence-corrected chi connectivity index (χ3v) is 2.56. The molecule has 0 aliphatic heterocycles. The van der Waals surface area contributed by atoms with E-state index in [2.05, 4.69) is 9.97 Å². The van der Waals surface area contributed by atoms with Crippen LogP contribution in [0.3, 0.4) is 0 Å². The quantitative estimate of drug-likeness (QED) is 0.713. The van der Waals surface area contributed by atoms with Crippen molar-refractivity contribution in [2.75, 3.05) is 0 Å². The van der Waals surface area contributed by atoms with Crippen LogP contribution in [0.25, 0.3) is 11.0 Å². The predicted octanol–water partition coefficient (Wildman–Crippen LogP) is 2.38. The fraction of sp³-hybridized carbons (Fsp3) is 0.0833. The van der Waals surface area contributed by atoms with Crippen LogP contribution in [0.15, 0.2) is 41.1 Å². The number of aliphatic hydroxyl groups is 1. The number of imidazole rings is 1. The Hall–Kier alpha value is -2.14. The van der Waals surface area contributed by atoms with Crippen molar-refractivity contribution < 1.29 is 13.9 Å². The Kier molecular flexibility index (Phi) is 2.19. The molecular formula is C12H9FN2O2. The molecule has 5 heteroatoms. The first-order chi connectivity index (χ1) is 8.25. The third-order valence-electron chi connectivity index (χ3n) is 2.56. The summed E-state index contributed by atoms with van der Waals surface area (Å²) in [6.07, 6.45) is 2.11. The summed E-state index contributed by atoms with van der Waals surface area (Å²) < 4.78 is 18.7. The molecule has 86 valence electrons. The van der Waals surface area contributed by atoms with Crippen molar-refractivity contribution in [3.05, 3.63) is 54.1 Å².